The molecule has 0 spiro atoms. The predicted octanol–water partition coefficient (Wildman–Crippen LogP) is 2.03. The van der Waals surface area contributed by atoms with Gasteiger partial charge in [-0.1, -0.05) is 44.2 Å². The van der Waals surface area contributed by atoms with Crippen molar-refractivity contribution in [2.45, 2.75) is 26.8 Å². The van der Waals surface area contributed by atoms with E-state index in [1.54, 1.807) is 0 Å². The van der Waals surface area contributed by atoms with Crippen molar-refractivity contribution in [1.29, 1.82) is 0 Å². The molecule has 1 aromatic carbocycles. The molecule has 1 aromatic rings. The second-order valence-corrected chi connectivity index (χ2v) is 5.83. The summed E-state index contributed by atoms with van der Waals surface area (Å²) >= 11 is 0. The van der Waals surface area contributed by atoms with E-state index in [-0.39, 0.29) is 11.3 Å². The van der Waals surface area contributed by atoms with Crippen LogP contribution in [0.2, 0.25) is 0 Å². The second-order valence-electron chi connectivity index (χ2n) is 5.83. The number of nitrogens with one attached hydrogen (secondary N) is 1. The van der Waals surface area contributed by atoms with Gasteiger partial charge in [0.25, 0.3) is 0 Å². The third-order valence-electron chi connectivity index (χ3n) is 3.31. The molecule has 0 unspecified atom stereocenters. The Kier molecular flexibility index (Phi) is 4.02. The van der Waals surface area contributed by atoms with E-state index in [0.717, 1.165) is 26.2 Å². The first-order valence-electron chi connectivity index (χ1n) is 6.59. The molecule has 3 nitrogen and oxygen atoms in total. The maximum atomic E-state index is 12.1. The highest BCUT2D eigenvalue weighted by atomic mass is 16.2. The smallest absolute Gasteiger partial charge is 0.224 e. The van der Waals surface area contributed by atoms with Crippen molar-refractivity contribution >= 4 is 5.91 Å². The Balaban J connectivity index is 2.09. The third-order valence-corrected chi connectivity index (χ3v) is 3.31. The van der Waals surface area contributed by atoms with Gasteiger partial charge in [0.05, 0.1) is 0 Å². The van der Waals surface area contributed by atoms with E-state index in [4.69, 9.17) is 0 Å². The second kappa shape index (κ2) is 5.53. The maximum Gasteiger partial charge on any atom is 0.224 e. The predicted molar refractivity (Wildman–Crippen MR) is 73.1 cm³/mol. The van der Waals surface area contributed by atoms with Gasteiger partial charge in [0.2, 0.25) is 5.91 Å². The first kappa shape index (κ1) is 13.1. The van der Waals surface area contributed by atoms with Gasteiger partial charge in [0.1, 0.15) is 0 Å². The molecule has 1 aliphatic heterocycles. The van der Waals surface area contributed by atoms with Crippen LogP contribution in [0.1, 0.15) is 25.8 Å². The zero-order valence-corrected chi connectivity index (χ0v) is 11.3. The summed E-state index contributed by atoms with van der Waals surface area (Å²) in [7, 11) is 0. The van der Waals surface area contributed by atoms with Crippen LogP contribution in [0, 0.1) is 5.41 Å². The normalized spacial score (nSPS) is 20.3. The number of benzene rings is 1. The average Bonchev–Trinajstić information content (AvgIpc) is 2.33. The summed E-state index contributed by atoms with van der Waals surface area (Å²) < 4.78 is 0. The Morgan fingerprint density at radius 1 is 1.28 bits per heavy atom. The number of amides is 1. The van der Waals surface area contributed by atoms with Crippen molar-refractivity contribution in [2.75, 3.05) is 19.6 Å². The number of hydrogen-bond donors (Lipinski definition) is 1. The average molecular weight is 246 g/mol. The molecule has 0 saturated carbocycles. The topological polar surface area (TPSA) is 32.3 Å². The lowest BCUT2D eigenvalue weighted by Gasteiger charge is -2.35. The highest BCUT2D eigenvalue weighted by molar-refractivity contribution is 5.76. The Labute approximate surface area is 109 Å². The first-order chi connectivity index (χ1) is 8.57. The summed E-state index contributed by atoms with van der Waals surface area (Å²) in [6.07, 6.45) is 0.600. The van der Waals surface area contributed by atoms with Crippen molar-refractivity contribution in [3.05, 3.63) is 35.9 Å². The van der Waals surface area contributed by atoms with E-state index in [1.165, 1.54) is 5.56 Å². The zero-order valence-electron chi connectivity index (χ0n) is 11.3. The fourth-order valence-electron chi connectivity index (χ4n) is 2.39. The minimum atomic E-state index is 0.130. The highest BCUT2D eigenvalue weighted by Gasteiger charge is 2.26. The molecule has 18 heavy (non-hydrogen) atoms. The quantitative estimate of drug-likeness (QED) is 0.866. The molecule has 0 aliphatic carbocycles. The first-order valence-corrected chi connectivity index (χ1v) is 6.59. The van der Waals surface area contributed by atoms with Crippen molar-refractivity contribution in [3.63, 3.8) is 0 Å². The molecule has 1 aliphatic rings. The van der Waals surface area contributed by atoms with Crippen LogP contribution in [0.5, 0.6) is 0 Å². The fraction of sp³-hybridized carbons (Fsp3) is 0.533. The fourth-order valence-corrected chi connectivity index (χ4v) is 2.39. The van der Waals surface area contributed by atoms with Gasteiger partial charge in [-0.3, -0.25) is 4.79 Å². The minimum absolute atomic E-state index is 0.130. The summed E-state index contributed by atoms with van der Waals surface area (Å²) in [6.45, 7) is 7.70. The third kappa shape index (κ3) is 3.57. The zero-order chi connectivity index (χ0) is 13.0. The summed E-state index contributed by atoms with van der Waals surface area (Å²) in [5, 5.41) is 3.34. The SMILES string of the molecule is CC1(C)CNCCC(=O)N(Cc2ccccc2)C1. The van der Waals surface area contributed by atoms with Gasteiger partial charge in [-0.05, 0) is 11.0 Å². The number of carbonyl (C=O) groups excluding carboxylic acids is 1. The lowest BCUT2D eigenvalue weighted by atomic mass is 9.91. The Bertz CT molecular complexity index is 400. The van der Waals surface area contributed by atoms with Crippen LogP contribution in [0.25, 0.3) is 0 Å². The van der Waals surface area contributed by atoms with Crippen LogP contribution in [0.3, 0.4) is 0 Å². The van der Waals surface area contributed by atoms with Crippen LogP contribution >= 0.6 is 0 Å². The van der Waals surface area contributed by atoms with E-state index >= 15 is 0 Å². The van der Waals surface area contributed by atoms with E-state index in [2.05, 4.69) is 31.3 Å². The van der Waals surface area contributed by atoms with Crippen LogP contribution in [0.15, 0.2) is 30.3 Å². The van der Waals surface area contributed by atoms with E-state index in [0.29, 0.717) is 6.42 Å². The van der Waals surface area contributed by atoms with Gasteiger partial charge in [-0.25, -0.2) is 0 Å². The van der Waals surface area contributed by atoms with Gasteiger partial charge in [0, 0.05) is 32.6 Å². The number of nitrogens with zero attached hydrogens (tertiary/aromatic N) is 1. The van der Waals surface area contributed by atoms with E-state index < -0.39 is 0 Å². The molecule has 1 fully saturated rings. The Morgan fingerprint density at radius 3 is 2.72 bits per heavy atom. The van der Waals surface area contributed by atoms with E-state index in [1.807, 2.05) is 23.1 Å². The van der Waals surface area contributed by atoms with Crippen molar-refractivity contribution in [3.8, 4) is 0 Å². The van der Waals surface area contributed by atoms with Crippen molar-refractivity contribution in [2.24, 2.45) is 5.41 Å². The largest absolute Gasteiger partial charge is 0.338 e. The summed E-state index contributed by atoms with van der Waals surface area (Å²) in [4.78, 5) is 14.1. The highest BCUT2D eigenvalue weighted by Crippen LogP contribution is 2.20. The maximum absolute atomic E-state index is 12.1. The van der Waals surface area contributed by atoms with Crippen molar-refractivity contribution < 1.29 is 4.79 Å². The van der Waals surface area contributed by atoms with Gasteiger partial charge in [0.15, 0.2) is 0 Å². The monoisotopic (exact) mass is 246 g/mol. The summed E-state index contributed by atoms with van der Waals surface area (Å²) in [6, 6.07) is 10.2. The number of hydrogen-bond acceptors (Lipinski definition) is 2. The molecule has 1 saturated heterocycles. The lowest BCUT2D eigenvalue weighted by Crippen LogP contribution is -2.46. The standard InChI is InChI=1S/C15H22N2O/c1-15(2)11-16-9-8-14(18)17(12-15)10-13-6-4-3-5-7-13/h3-7,16H,8-12H2,1-2H3. The number of carbonyl (C=O) groups is 1. The van der Waals surface area contributed by atoms with Crippen LogP contribution in [0.4, 0.5) is 0 Å². The number of rotatable bonds is 2. The van der Waals surface area contributed by atoms with Crippen LogP contribution < -0.4 is 5.32 Å². The van der Waals surface area contributed by atoms with Gasteiger partial charge in [-0.15, -0.1) is 0 Å². The molecule has 0 radical (unpaired) electrons. The Morgan fingerprint density at radius 2 is 2.00 bits per heavy atom. The van der Waals surface area contributed by atoms with Gasteiger partial charge in [-0.2, -0.15) is 0 Å². The molecule has 98 valence electrons. The van der Waals surface area contributed by atoms with Gasteiger partial charge >= 0.3 is 0 Å². The molecule has 3 heteroatoms. The molecular weight excluding hydrogens is 224 g/mol. The molecule has 0 atom stereocenters. The van der Waals surface area contributed by atoms with Crippen LogP contribution in [-0.2, 0) is 11.3 Å². The van der Waals surface area contributed by atoms with Crippen molar-refractivity contribution in [1.82, 2.24) is 10.2 Å². The van der Waals surface area contributed by atoms with E-state index in [9.17, 15) is 4.79 Å². The summed E-state index contributed by atoms with van der Waals surface area (Å²) in [5.41, 5.74) is 1.33. The lowest BCUT2D eigenvalue weighted by molar-refractivity contribution is -0.133. The summed E-state index contributed by atoms with van der Waals surface area (Å²) in [5.74, 6) is 0.249. The van der Waals surface area contributed by atoms with Gasteiger partial charge < -0.3 is 10.2 Å². The molecule has 2 rings (SSSR count). The molecule has 0 aromatic heterocycles. The molecular formula is C15H22N2O. The molecule has 1 heterocycles. The minimum Gasteiger partial charge on any atom is -0.338 e. The van der Waals surface area contributed by atoms with Crippen LogP contribution in [-0.4, -0.2) is 30.4 Å². The molecule has 0 bridgehead atoms. The Hall–Kier alpha value is -1.35. The molecule has 1 amide bonds. The molecule has 1 N–H and O–H groups in total.